The third kappa shape index (κ3) is 4.25. The van der Waals surface area contributed by atoms with Gasteiger partial charge in [-0.25, -0.2) is 13.8 Å². The Morgan fingerprint density at radius 1 is 1.03 bits per heavy atom. The van der Waals surface area contributed by atoms with Crippen LogP contribution in [0.5, 0.6) is 0 Å². The number of primary amides is 1. The van der Waals surface area contributed by atoms with Crippen molar-refractivity contribution in [2.24, 2.45) is 5.73 Å². The number of hydrogen-bond donors (Lipinski definition) is 2. The summed E-state index contributed by atoms with van der Waals surface area (Å²) < 4.78 is 33.6. The molecule has 0 unspecified atom stereocenters. The number of carbonyl (C=O) groups is 2. The Labute approximate surface area is 182 Å². The largest absolute Gasteiger partial charge is 0.419 e. The van der Waals surface area contributed by atoms with E-state index in [0.717, 1.165) is 30.9 Å². The Bertz CT molecular complexity index is 1130. The fourth-order valence-electron chi connectivity index (χ4n) is 3.55. The van der Waals surface area contributed by atoms with Gasteiger partial charge in [0.25, 0.3) is 5.91 Å². The zero-order chi connectivity index (χ0) is 22.8. The normalized spacial score (nSPS) is 13.8. The lowest BCUT2D eigenvalue weighted by molar-refractivity contribution is -0.129. The molecular formula is C22H21F2N5O3. The number of nitrogens with zero attached hydrogens (tertiary/aromatic N) is 3. The highest BCUT2D eigenvalue weighted by Gasteiger charge is 2.24. The number of benzene rings is 2. The smallest absolute Gasteiger partial charge is 0.273 e. The summed E-state index contributed by atoms with van der Waals surface area (Å²) in [6.45, 7) is 4.32. The number of piperazine rings is 1. The van der Waals surface area contributed by atoms with Crippen LogP contribution in [0.1, 0.15) is 17.4 Å². The molecule has 10 heteroatoms. The highest BCUT2D eigenvalue weighted by atomic mass is 19.1. The van der Waals surface area contributed by atoms with Gasteiger partial charge in [-0.3, -0.25) is 9.59 Å². The van der Waals surface area contributed by atoms with E-state index < -0.39 is 29.0 Å². The molecule has 0 saturated carbocycles. The molecule has 3 aromatic rings. The Kier molecular flexibility index (Phi) is 5.76. The molecule has 0 atom stereocenters. The Hall–Kier alpha value is -3.95. The molecule has 2 heterocycles. The van der Waals surface area contributed by atoms with Crippen LogP contribution in [0, 0.1) is 11.6 Å². The molecule has 1 fully saturated rings. The van der Waals surface area contributed by atoms with Gasteiger partial charge in [-0.1, -0.05) is 6.07 Å². The molecule has 1 aliphatic rings. The molecule has 8 nitrogen and oxygen atoms in total. The zero-order valence-corrected chi connectivity index (χ0v) is 17.3. The van der Waals surface area contributed by atoms with E-state index in [2.05, 4.69) is 15.2 Å². The number of nitrogens with two attached hydrogens (primary N) is 1. The monoisotopic (exact) mass is 441 g/mol. The Morgan fingerprint density at radius 2 is 1.66 bits per heavy atom. The van der Waals surface area contributed by atoms with Crippen molar-refractivity contribution in [2.75, 3.05) is 36.4 Å². The third-order valence-electron chi connectivity index (χ3n) is 5.25. The van der Waals surface area contributed by atoms with Crippen molar-refractivity contribution >= 4 is 29.1 Å². The van der Waals surface area contributed by atoms with E-state index in [9.17, 15) is 18.4 Å². The van der Waals surface area contributed by atoms with Crippen LogP contribution >= 0.6 is 0 Å². The van der Waals surface area contributed by atoms with Gasteiger partial charge in [-0.05, 0) is 36.4 Å². The van der Waals surface area contributed by atoms with Crippen molar-refractivity contribution in [3.05, 3.63) is 59.8 Å². The third-order valence-corrected chi connectivity index (χ3v) is 5.25. The molecule has 2 aromatic carbocycles. The van der Waals surface area contributed by atoms with Crippen molar-refractivity contribution in [3.63, 3.8) is 0 Å². The SMILES string of the molecule is CC(=O)N1CCN(c2ccc(Nc3oc(-c4c(F)cccc4F)nc3C(N)=O)cc2)CC1. The van der Waals surface area contributed by atoms with Crippen molar-refractivity contribution in [3.8, 4) is 11.5 Å². The van der Waals surface area contributed by atoms with Gasteiger partial charge in [0, 0.05) is 44.5 Å². The lowest BCUT2D eigenvalue weighted by atomic mass is 10.2. The molecule has 0 bridgehead atoms. The summed E-state index contributed by atoms with van der Waals surface area (Å²) >= 11 is 0. The minimum absolute atomic E-state index is 0.0659. The van der Waals surface area contributed by atoms with Gasteiger partial charge in [0.15, 0.2) is 5.69 Å². The van der Waals surface area contributed by atoms with Gasteiger partial charge >= 0.3 is 0 Å². The second-order valence-corrected chi connectivity index (χ2v) is 7.32. The summed E-state index contributed by atoms with van der Waals surface area (Å²) in [5.74, 6) is -3.09. The Morgan fingerprint density at radius 3 is 2.22 bits per heavy atom. The van der Waals surface area contributed by atoms with Crippen LogP contribution in [0.4, 0.5) is 26.0 Å². The average Bonchev–Trinajstić information content (AvgIpc) is 3.18. The van der Waals surface area contributed by atoms with Crippen LogP contribution in [0.25, 0.3) is 11.5 Å². The van der Waals surface area contributed by atoms with E-state index in [0.29, 0.717) is 18.8 Å². The maximum absolute atomic E-state index is 14.1. The van der Waals surface area contributed by atoms with Gasteiger partial charge in [-0.2, -0.15) is 0 Å². The van der Waals surface area contributed by atoms with E-state index in [1.807, 2.05) is 12.1 Å². The maximum Gasteiger partial charge on any atom is 0.273 e. The van der Waals surface area contributed by atoms with Crippen molar-refractivity contribution in [1.29, 1.82) is 0 Å². The summed E-state index contributed by atoms with van der Waals surface area (Å²) in [4.78, 5) is 31.1. The molecule has 0 radical (unpaired) electrons. The summed E-state index contributed by atoms with van der Waals surface area (Å²) in [7, 11) is 0. The molecule has 3 N–H and O–H groups in total. The molecule has 166 valence electrons. The first-order valence-corrected chi connectivity index (χ1v) is 9.96. The van der Waals surface area contributed by atoms with Crippen molar-refractivity contribution in [2.45, 2.75) is 6.92 Å². The lowest BCUT2D eigenvalue weighted by Gasteiger charge is -2.35. The molecule has 0 aliphatic carbocycles. The minimum Gasteiger partial charge on any atom is -0.419 e. The first kappa shape index (κ1) is 21.3. The molecule has 4 rings (SSSR count). The average molecular weight is 441 g/mol. The van der Waals surface area contributed by atoms with E-state index in [1.54, 1.807) is 24.0 Å². The second-order valence-electron chi connectivity index (χ2n) is 7.32. The zero-order valence-electron chi connectivity index (χ0n) is 17.3. The van der Waals surface area contributed by atoms with Crippen LogP contribution in [0.2, 0.25) is 0 Å². The first-order valence-electron chi connectivity index (χ1n) is 9.96. The predicted molar refractivity (Wildman–Crippen MR) is 115 cm³/mol. The highest BCUT2D eigenvalue weighted by Crippen LogP contribution is 2.31. The van der Waals surface area contributed by atoms with Gasteiger partial charge in [-0.15, -0.1) is 0 Å². The van der Waals surface area contributed by atoms with Crippen molar-refractivity contribution < 1.29 is 22.8 Å². The van der Waals surface area contributed by atoms with Crippen LogP contribution in [0.3, 0.4) is 0 Å². The van der Waals surface area contributed by atoms with E-state index in [4.69, 9.17) is 10.2 Å². The summed E-state index contributed by atoms with van der Waals surface area (Å²) in [6.07, 6.45) is 0. The lowest BCUT2D eigenvalue weighted by Crippen LogP contribution is -2.48. The van der Waals surface area contributed by atoms with E-state index in [1.165, 1.54) is 6.07 Å². The number of aromatic nitrogens is 1. The van der Waals surface area contributed by atoms with Crippen LogP contribution in [-0.2, 0) is 4.79 Å². The van der Waals surface area contributed by atoms with Crippen LogP contribution in [-0.4, -0.2) is 47.9 Å². The predicted octanol–water partition coefficient (Wildman–Crippen LogP) is 3.13. The molecular weight excluding hydrogens is 420 g/mol. The summed E-state index contributed by atoms with van der Waals surface area (Å²) in [6, 6.07) is 10.6. The fraction of sp³-hybridized carbons (Fsp3) is 0.227. The number of carbonyl (C=O) groups excluding carboxylic acids is 2. The fourth-order valence-corrected chi connectivity index (χ4v) is 3.55. The molecule has 0 spiro atoms. The van der Waals surface area contributed by atoms with Gasteiger partial charge in [0.2, 0.25) is 17.7 Å². The van der Waals surface area contributed by atoms with Gasteiger partial charge in [0.1, 0.15) is 17.2 Å². The molecule has 2 amide bonds. The Balaban J connectivity index is 1.54. The molecule has 1 saturated heterocycles. The van der Waals surface area contributed by atoms with Crippen molar-refractivity contribution in [1.82, 2.24) is 9.88 Å². The quantitative estimate of drug-likeness (QED) is 0.630. The topological polar surface area (TPSA) is 105 Å². The first-order chi connectivity index (χ1) is 15.3. The maximum atomic E-state index is 14.1. The van der Waals surface area contributed by atoms with E-state index >= 15 is 0 Å². The second kappa shape index (κ2) is 8.66. The number of anilines is 3. The number of rotatable bonds is 5. The van der Waals surface area contributed by atoms with Crippen LogP contribution in [0.15, 0.2) is 46.9 Å². The minimum atomic E-state index is -0.904. The number of amides is 2. The van der Waals surface area contributed by atoms with Crippen LogP contribution < -0.4 is 16.0 Å². The van der Waals surface area contributed by atoms with Gasteiger partial charge < -0.3 is 25.3 Å². The van der Waals surface area contributed by atoms with Gasteiger partial charge in [0.05, 0.1) is 0 Å². The standard InChI is InChI=1S/C22H21F2N5O3/c1-13(30)28-9-11-29(12-10-28)15-7-5-14(6-8-15)26-22-19(20(25)31)27-21(32-22)18-16(23)3-2-4-17(18)24/h2-8,26H,9-12H2,1H3,(H2,25,31). The summed E-state index contributed by atoms with van der Waals surface area (Å²) in [5.41, 5.74) is 6.15. The number of oxazole rings is 1. The number of halogens is 2. The molecule has 32 heavy (non-hydrogen) atoms. The number of nitrogens with one attached hydrogen (secondary N) is 1. The molecule has 1 aliphatic heterocycles. The number of hydrogen-bond acceptors (Lipinski definition) is 6. The van der Waals surface area contributed by atoms with E-state index in [-0.39, 0.29) is 17.5 Å². The molecule has 1 aromatic heterocycles. The highest BCUT2D eigenvalue weighted by molar-refractivity contribution is 5.96. The summed E-state index contributed by atoms with van der Waals surface area (Å²) in [5, 5.41) is 2.89.